The molecule has 1 aliphatic heterocycles. The van der Waals surface area contributed by atoms with E-state index in [-0.39, 0.29) is 24.0 Å². The SMILES string of the molecule is O=C1OC(c2cccc(Br)c2)=N/C1=C\c1ccccc1OCc1cccc(F)c1. The highest BCUT2D eigenvalue weighted by molar-refractivity contribution is 9.10. The molecule has 0 unspecified atom stereocenters. The molecular weight excluding hydrogens is 437 g/mol. The van der Waals surface area contributed by atoms with Crippen LogP contribution in [-0.4, -0.2) is 11.9 Å². The smallest absolute Gasteiger partial charge is 0.363 e. The third-order valence-corrected chi connectivity index (χ3v) is 4.68. The van der Waals surface area contributed by atoms with E-state index < -0.39 is 5.97 Å². The molecule has 0 aromatic heterocycles. The molecule has 0 saturated carbocycles. The van der Waals surface area contributed by atoms with Gasteiger partial charge in [0.1, 0.15) is 18.2 Å². The normalized spacial score (nSPS) is 14.6. The minimum atomic E-state index is -0.528. The Hall–Kier alpha value is -3.25. The van der Waals surface area contributed by atoms with E-state index in [0.29, 0.717) is 22.4 Å². The van der Waals surface area contributed by atoms with E-state index >= 15 is 0 Å². The van der Waals surface area contributed by atoms with Crippen molar-refractivity contribution in [3.63, 3.8) is 0 Å². The second-order valence-corrected chi connectivity index (χ2v) is 7.22. The third kappa shape index (κ3) is 4.60. The van der Waals surface area contributed by atoms with Crippen molar-refractivity contribution in [1.29, 1.82) is 0 Å². The molecule has 4 nitrogen and oxygen atoms in total. The van der Waals surface area contributed by atoms with Crippen molar-refractivity contribution >= 4 is 33.9 Å². The van der Waals surface area contributed by atoms with Gasteiger partial charge in [-0.25, -0.2) is 14.2 Å². The van der Waals surface area contributed by atoms with Crippen LogP contribution < -0.4 is 4.74 Å². The van der Waals surface area contributed by atoms with E-state index in [1.54, 1.807) is 24.3 Å². The fourth-order valence-corrected chi connectivity index (χ4v) is 3.22. The second-order valence-electron chi connectivity index (χ2n) is 6.30. The molecule has 1 heterocycles. The monoisotopic (exact) mass is 451 g/mol. The van der Waals surface area contributed by atoms with Crippen molar-refractivity contribution in [2.24, 2.45) is 4.99 Å². The van der Waals surface area contributed by atoms with Gasteiger partial charge in [0, 0.05) is 15.6 Å². The quantitative estimate of drug-likeness (QED) is 0.379. The molecule has 6 heteroatoms. The van der Waals surface area contributed by atoms with Crippen LogP contribution in [0.3, 0.4) is 0 Å². The van der Waals surface area contributed by atoms with Crippen LogP contribution in [0.1, 0.15) is 16.7 Å². The van der Waals surface area contributed by atoms with Crippen molar-refractivity contribution in [3.8, 4) is 5.75 Å². The first kappa shape index (κ1) is 19.1. The van der Waals surface area contributed by atoms with Gasteiger partial charge in [-0.3, -0.25) is 0 Å². The molecule has 0 radical (unpaired) electrons. The summed E-state index contributed by atoms with van der Waals surface area (Å²) in [7, 11) is 0. The summed E-state index contributed by atoms with van der Waals surface area (Å²) in [6.07, 6.45) is 1.62. The summed E-state index contributed by atoms with van der Waals surface area (Å²) in [4.78, 5) is 16.6. The number of nitrogens with zero attached hydrogens (tertiary/aromatic N) is 1. The van der Waals surface area contributed by atoms with Gasteiger partial charge < -0.3 is 9.47 Å². The van der Waals surface area contributed by atoms with Crippen LogP contribution in [0.15, 0.2) is 88.0 Å². The van der Waals surface area contributed by atoms with Crippen LogP contribution >= 0.6 is 15.9 Å². The molecule has 3 aromatic rings. The predicted octanol–water partition coefficient (Wildman–Crippen LogP) is 5.51. The first-order valence-electron chi connectivity index (χ1n) is 8.83. The van der Waals surface area contributed by atoms with Crippen LogP contribution in [-0.2, 0) is 16.1 Å². The number of rotatable bonds is 5. The maximum atomic E-state index is 13.4. The first-order chi connectivity index (χ1) is 14.1. The number of ether oxygens (including phenoxy) is 2. The number of hydrogen-bond acceptors (Lipinski definition) is 4. The van der Waals surface area contributed by atoms with E-state index in [1.807, 2.05) is 42.5 Å². The average molecular weight is 452 g/mol. The number of aliphatic imine (C=N–C) groups is 1. The van der Waals surface area contributed by atoms with E-state index in [9.17, 15) is 9.18 Å². The topological polar surface area (TPSA) is 47.9 Å². The summed E-state index contributed by atoms with van der Waals surface area (Å²) in [5, 5.41) is 0. The number of para-hydroxylation sites is 1. The summed E-state index contributed by atoms with van der Waals surface area (Å²) < 4.78 is 25.4. The lowest BCUT2D eigenvalue weighted by Gasteiger charge is -2.09. The molecule has 3 aromatic carbocycles. The molecule has 4 rings (SSSR count). The number of carbonyl (C=O) groups excluding carboxylic acids is 1. The Morgan fingerprint density at radius 2 is 1.86 bits per heavy atom. The van der Waals surface area contributed by atoms with E-state index in [0.717, 1.165) is 4.47 Å². The zero-order chi connectivity index (χ0) is 20.2. The number of hydrogen-bond donors (Lipinski definition) is 0. The highest BCUT2D eigenvalue weighted by atomic mass is 79.9. The lowest BCUT2D eigenvalue weighted by molar-refractivity contribution is -0.129. The van der Waals surface area contributed by atoms with E-state index in [4.69, 9.17) is 9.47 Å². The van der Waals surface area contributed by atoms with Gasteiger partial charge in [-0.2, -0.15) is 0 Å². The molecule has 1 aliphatic rings. The fourth-order valence-electron chi connectivity index (χ4n) is 2.82. The molecule has 144 valence electrons. The van der Waals surface area contributed by atoms with Gasteiger partial charge in [0.15, 0.2) is 5.70 Å². The Labute approximate surface area is 175 Å². The minimum Gasteiger partial charge on any atom is -0.488 e. The third-order valence-electron chi connectivity index (χ3n) is 4.19. The highest BCUT2D eigenvalue weighted by Gasteiger charge is 2.24. The Kier molecular flexibility index (Phi) is 5.53. The summed E-state index contributed by atoms with van der Waals surface area (Å²) in [5.41, 5.74) is 2.27. The lowest BCUT2D eigenvalue weighted by Crippen LogP contribution is -2.05. The molecule has 0 amide bonds. The van der Waals surface area contributed by atoms with Crippen molar-refractivity contribution in [2.75, 3.05) is 0 Å². The number of halogens is 2. The van der Waals surface area contributed by atoms with Gasteiger partial charge in [-0.05, 0) is 48.0 Å². The molecule has 0 atom stereocenters. The Balaban J connectivity index is 1.58. The standard InChI is InChI=1S/C23H15BrFNO3/c24-18-8-4-7-17(12-18)22-26-20(23(27)29-22)13-16-6-1-2-10-21(16)28-14-15-5-3-9-19(25)11-15/h1-13H,14H2/b20-13-. The van der Waals surface area contributed by atoms with Gasteiger partial charge in [0.25, 0.3) is 0 Å². The van der Waals surface area contributed by atoms with E-state index in [2.05, 4.69) is 20.9 Å². The Morgan fingerprint density at radius 1 is 1.03 bits per heavy atom. The molecule has 0 aliphatic carbocycles. The fraction of sp³-hybridized carbons (Fsp3) is 0.0435. The summed E-state index contributed by atoms with van der Waals surface area (Å²) in [6, 6.07) is 20.8. The molecule has 0 spiro atoms. The Morgan fingerprint density at radius 3 is 2.69 bits per heavy atom. The van der Waals surface area contributed by atoms with Gasteiger partial charge in [-0.1, -0.05) is 52.3 Å². The zero-order valence-electron chi connectivity index (χ0n) is 15.1. The molecule has 0 N–H and O–H groups in total. The molecule has 0 saturated heterocycles. The summed E-state index contributed by atoms with van der Waals surface area (Å²) in [5.74, 6) is -0.0339. The van der Waals surface area contributed by atoms with Gasteiger partial charge >= 0.3 is 5.97 Å². The second kappa shape index (κ2) is 8.41. The van der Waals surface area contributed by atoms with Crippen LogP contribution in [0.4, 0.5) is 4.39 Å². The zero-order valence-corrected chi connectivity index (χ0v) is 16.7. The molecule has 0 fully saturated rings. The maximum absolute atomic E-state index is 13.4. The highest BCUT2D eigenvalue weighted by Crippen LogP contribution is 2.26. The number of carbonyl (C=O) groups is 1. The number of benzene rings is 3. The average Bonchev–Trinajstić information content (AvgIpc) is 3.08. The first-order valence-corrected chi connectivity index (χ1v) is 9.62. The Bertz CT molecular complexity index is 1140. The minimum absolute atomic E-state index is 0.182. The predicted molar refractivity (Wildman–Crippen MR) is 112 cm³/mol. The largest absolute Gasteiger partial charge is 0.488 e. The van der Waals surface area contributed by atoms with Crippen molar-refractivity contribution in [3.05, 3.63) is 105 Å². The van der Waals surface area contributed by atoms with Crippen LogP contribution in [0.5, 0.6) is 5.75 Å². The molecule has 29 heavy (non-hydrogen) atoms. The van der Waals surface area contributed by atoms with Gasteiger partial charge in [0.05, 0.1) is 0 Å². The van der Waals surface area contributed by atoms with Crippen molar-refractivity contribution in [1.82, 2.24) is 0 Å². The summed E-state index contributed by atoms with van der Waals surface area (Å²) >= 11 is 3.39. The van der Waals surface area contributed by atoms with Crippen LogP contribution in [0.2, 0.25) is 0 Å². The molecular formula is C23H15BrFNO3. The number of cyclic esters (lactones) is 1. The van der Waals surface area contributed by atoms with Gasteiger partial charge in [0.2, 0.25) is 5.90 Å². The maximum Gasteiger partial charge on any atom is 0.363 e. The van der Waals surface area contributed by atoms with E-state index in [1.165, 1.54) is 12.1 Å². The van der Waals surface area contributed by atoms with Crippen LogP contribution in [0.25, 0.3) is 6.08 Å². The van der Waals surface area contributed by atoms with Crippen molar-refractivity contribution in [2.45, 2.75) is 6.61 Å². The van der Waals surface area contributed by atoms with Gasteiger partial charge in [-0.15, -0.1) is 0 Å². The lowest BCUT2D eigenvalue weighted by atomic mass is 10.1. The van der Waals surface area contributed by atoms with Crippen LogP contribution in [0, 0.1) is 5.82 Å². The summed E-state index contributed by atoms with van der Waals surface area (Å²) in [6.45, 7) is 0.203. The number of esters is 1. The van der Waals surface area contributed by atoms with Crippen molar-refractivity contribution < 1.29 is 18.7 Å². The molecule has 0 bridgehead atoms.